The summed E-state index contributed by atoms with van der Waals surface area (Å²) in [6, 6.07) is 32.5. The van der Waals surface area contributed by atoms with E-state index in [0.29, 0.717) is 5.02 Å². The minimum Gasteiger partial charge on any atom is -0.497 e. The number of hydrogen-bond donors (Lipinski definition) is 1. The van der Waals surface area contributed by atoms with E-state index in [1.54, 1.807) is 14.2 Å². The summed E-state index contributed by atoms with van der Waals surface area (Å²) in [5, 5.41) is 9.11. The molecule has 4 aromatic carbocycles. The number of nitrogens with one attached hydrogen (secondary N) is 1. The summed E-state index contributed by atoms with van der Waals surface area (Å²) >= 11 is 6.43. The number of halogens is 1. The molecule has 0 radical (unpaired) electrons. The lowest BCUT2D eigenvalue weighted by Gasteiger charge is -2.25. The first kappa shape index (κ1) is 23.2. The Balaban J connectivity index is 1.52. The van der Waals surface area contributed by atoms with Crippen molar-refractivity contribution in [3.63, 3.8) is 0 Å². The van der Waals surface area contributed by atoms with E-state index in [1.807, 2.05) is 42.5 Å². The van der Waals surface area contributed by atoms with Crippen molar-refractivity contribution in [3.8, 4) is 22.8 Å². The van der Waals surface area contributed by atoms with E-state index >= 15 is 0 Å². The molecular formula is C31H26ClN3O2. The Hall–Kier alpha value is -4.22. The topological polar surface area (TPSA) is 49.9 Å². The van der Waals surface area contributed by atoms with Crippen LogP contribution in [0.4, 0.5) is 5.69 Å². The summed E-state index contributed by atoms with van der Waals surface area (Å²) in [4.78, 5) is 3.69. The molecule has 0 bridgehead atoms. The minimum absolute atomic E-state index is 0.0381. The van der Waals surface area contributed by atoms with Crippen LogP contribution >= 0.6 is 11.6 Å². The van der Waals surface area contributed by atoms with Crippen molar-refractivity contribution in [2.75, 3.05) is 19.2 Å². The number of nitrogens with zero attached hydrogens (tertiary/aromatic N) is 2. The number of hydrogen-bond acceptors (Lipinski definition) is 4. The summed E-state index contributed by atoms with van der Waals surface area (Å²) in [7, 11) is 3.36. The van der Waals surface area contributed by atoms with Gasteiger partial charge in [-0.2, -0.15) is 5.10 Å². The standard InChI is InChI=1S/C31H26ClN3O2/c1-36-24-14-10-20(11-15-24)28-19-29(35(34-28)23-7-5-6-22(32)18-23)30-26-8-3-4-9-27(26)33-31(30)21-12-16-25(37-2)17-13-21/h3-18,29,33H,19H2,1-2H3. The van der Waals surface area contributed by atoms with E-state index < -0.39 is 0 Å². The Labute approximate surface area is 220 Å². The smallest absolute Gasteiger partial charge is 0.118 e. The zero-order chi connectivity index (χ0) is 25.4. The first-order valence-corrected chi connectivity index (χ1v) is 12.5. The molecule has 184 valence electrons. The van der Waals surface area contributed by atoms with E-state index in [4.69, 9.17) is 26.2 Å². The lowest BCUT2D eigenvalue weighted by molar-refractivity contribution is 0.414. The summed E-state index contributed by atoms with van der Waals surface area (Å²) in [5.74, 6) is 1.65. The van der Waals surface area contributed by atoms with Crippen LogP contribution < -0.4 is 14.5 Å². The molecular weight excluding hydrogens is 482 g/mol. The number of para-hydroxylation sites is 1. The highest BCUT2D eigenvalue weighted by molar-refractivity contribution is 6.30. The second kappa shape index (κ2) is 9.68. The fourth-order valence-corrected chi connectivity index (χ4v) is 5.23. The first-order valence-electron chi connectivity index (χ1n) is 12.2. The zero-order valence-corrected chi connectivity index (χ0v) is 21.4. The number of aromatic amines is 1. The largest absolute Gasteiger partial charge is 0.497 e. The highest BCUT2D eigenvalue weighted by Crippen LogP contribution is 2.44. The molecule has 1 aliphatic heterocycles. The number of rotatable bonds is 6. The van der Waals surface area contributed by atoms with Gasteiger partial charge in [-0.05, 0) is 83.9 Å². The monoisotopic (exact) mass is 507 g/mol. The molecule has 1 aliphatic rings. The lowest BCUT2D eigenvalue weighted by Crippen LogP contribution is -2.19. The molecule has 0 saturated heterocycles. The third-order valence-corrected chi connectivity index (χ3v) is 7.10. The molecule has 37 heavy (non-hydrogen) atoms. The van der Waals surface area contributed by atoms with E-state index in [1.165, 1.54) is 10.9 Å². The number of H-pyrrole nitrogens is 1. The van der Waals surface area contributed by atoms with Gasteiger partial charge in [0.2, 0.25) is 0 Å². The molecule has 0 fully saturated rings. The van der Waals surface area contributed by atoms with Gasteiger partial charge in [0.1, 0.15) is 11.5 Å². The molecule has 2 heterocycles. The summed E-state index contributed by atoms with van der Waals surface area (Å²) < 4.78 is 10.8. The van der Waals surface area contributed by atoms with Gasteiger partial charge in [0.15, 0.2) is 0 Å². The fourth-order valence-electron chi connectivity index (χ4n) is 5.04. The molecule has 5 nitrogen and oxygen atoms in total. The maximum absolute atomic E-state index is 6.43. The summed E-state index contributed by atoms with van der Waals surface area (Å²) in [5.41, 5.74) is 7.50. The second-order valence-electron chi connectivity index (χ2n) is 9.01. The Kier molecular flexibility index (Phi) is 6.07. The van der Waals surface area contributed by atoms with Crippen molar-refractivity contribution >= 4 is 33.9 Å². The number of methoxy groups -OCH3 is 2. The Morgan fingerprint density at radius 2 is 1.49 bits per heavy atom. The van der Waals surface area contributed by atoms with Crippen LogP contribution in [0.3, 0.4) is 0 Å². The number of ether oxygens (including phenoxy) is 2. The van der Waals surface area contributed by atoms with E-state index in [0.717, 1.165) is 51.7 Å². The fraction of sp³-hybridized carbons (Fsp3) is 0.129. The minimum atomic E-state index is -0.0381. The Morgan fingerprint density at radius 3 is 2.16 bits per heavy atom. The third-order valence-electron chi connectivity index (χ3n) is 6.86. The Bertz CT molecular complexity index is 1590. The predicted molar refractivity (Wildman–Crippen MR) is 151 cm³/mol. The maximum Gasteiger partial charge on any atom is 0.118 e. The van der Waals surface area contributed by atoms with E-state index in [-0.39, 0.29) is 6.04 Å². The molecule has 0 saturated carbocycles. The summed E-state index contributed by atoms with van der Waals surface area (Å²) in [6.45, 7) is 0. The van der Waals surface area contributed by atoms with Gasteiger partial charge in [0.05, 0.1) is 37.4 Å². The van der Waals surface area contributed by atoms with Crippen molar-refractivity contribution in [2.45, 2.75) is 12.5 Å². The van der Waals surface area contributed by atoms with Crippen LogP contribution in [0.25, 0.3) is 22.2 Å². The van der Waals surface area contributed by atoms with Gasteiger partial charge in [-0.15, -0.1) is 0 Å². The van der Waals surface area contributed by atoms with Crippen molar-refractivity contribution in [1.29, 1.82) is 0 Å². The van der Waals surface area contributed by atoms with Crippen LogP contribution in [0.1, 0.15) is 23.6 Å². The molecule has 0 spiro atoms. The molecule has 1 unspecified atom stereocenters. The molecule has 1 aromatic heterocycles. The number of benzene rings is 4. The van der Waals surface area contributed by atoms with Gasteiger partial charge in [-0.25, -0.2) is 0 Å². The van der Waals surface area contributed by atoms with Crippen LogP contribution in [-0.4, -0.2) is 24.9 Å². The van der Waals surface area contributed by atoms with Crippen LogP contribution in [0.2, 0.25) is 5.02 Å². The van der Waals surface area contributed by atoms with Crippen molar-refractivity contribution in [2.24, 2.45) is 5.10 Å². The second-order valence-corrected chi connectivity index (χ2v) is 9.44. The average Bonchev–Trinajstić information content (AvgIpc) is 3.55. The lowest BCUT2D eigenvalue weighted by atomic mass is 9.93. The molecule has 6 rings (SSSR count). The molecule has 1 atom stereocenters. The van der Waals surface area contributed by atoms with Crippen LogP contribution in [-0.2, 0) is 0 Å². The zero-order valence-electron chi connectivity index (χ0n) is 20.6. The first-order chi connectivity index (χ1) is 18.1. The van der Waals surface area contributed by atoms with Crippen molar-refractivity contribution in [1.82, 2.24) is 4.98 Å². The van der Waals surface area contributed by atoms with E-state index in [9.17, 15) is 0 Å². The quantitative estimate of drug-likeness (QED) is 0.254. The number of anilines is 1. The van der Waals surface area contributed by atoms with Gasteiger partial charge >= 0.3 is 0 Å². The average molecular weight is 508 g/mol. The van der Waals surface area contributed by atoms with Gasteiger partial charge in [-0.1, -0.05) is 35.9 Å². The van der Waals surface area contributed by atoms with E-state index in [2.05, 4.69) is 64.6 Å². The highest BCUT2D eigenvalue weighted by atomic mass is 35.5. The molecule has 5 aromatic rings. The summed E-state index contributed by atoms with van der Waals surface area (Å²) in [6.07, 6.45) is 0.740. The maximum atomic E-state index is 6.43. The van der Waals surface area contributed by atoms with Gasteiger partial charge < -0.3 is 14.5 Å². The number of fused-ring (bicyclic) bond motifs is 1. The third kappa shape index (κ3) is 4.32. The van der Waals surface area contributed by atoms with Gasteiger partial charge in [0.25, 0.3) is 0 Å². The molecule has 0 aliphatic carbocycles. The number of hydrazone groups is 1. The Morgan fingerprint density at radius 1 is 0.811 bits per heavy atom. The molecule has 1 N–H and O–H groups in total. The SMILES string of the molecule is COc1ccc(C2=NN(c3cccc(Cl)c3)C(c3c(-c4ccc(OC)cc4)[nH]c4ccccc34)C2)cc1. The van der Waals surface area contributed by atoms with Crippen LogP contribution in [0, 0.1) is 0 Å². The van der Waals surface area contributed by atoms with Crippen molar-refractivity contribution < 1.29 is 9.47 Å². The van der Waals surface area contributed by atoms with Crippen molar-refractivity contribution in [3.05, 3.63) is 113 Å². The highest BCUT2D eigenvalue weighted by Gasteiger charge is 2.34. The van der Waals surface area contributed by atoms with Gasteiger partial charge in [-0.3, -0.25) is 5.01 Å². The normalized spacial score (nSPS) is 15.2. The number of aromatic nitrogens is 1. The van der Waals surface area contributed by atoms with Crippen LogP contribution in [0.5, 0.6) is 11.5 Å². The predicted octanol–water partition coefficient (Wildman–Crippen LogP) is 7.86. The molecule has 0 amide bonds. The van der Waals surface area contributed by atoms with Crippen LogP contribution in [0.15, 0.2) is 102 Å². The molecule has 6 heteroatoms. The van der Waals surface area contributed by atoms with Gasteiger partial charge in [0, 0.05) is 27.9 Å².